The lowest BCUT2D eigenvalue weighted by molar-refractivity contribution is -0.148. The zero-order valence-electron chi connectivity index (χ0n) is 9.57. The first-order valence-electron chi connectivity index (χ1n) is 5.83. The lowest BCUT2D eigenvalue weighted by atomic mass is 10.0. The van der Waals surface area contributed by atoms with E-state index in [1.54, 1.807) is 4.90 Å². The van der Waals surface area contributed by atoms with Crippen molar-refractivity contribution in [3.63, 3.8) is 0 Å². The Balaban J connectivity index is 2.18. The molecule has 0 aromatic carbocycles. The number of rotatable bonds is 2. The molecule has 0 saturated carbocycles. The van der Waals surface area contributed by atoms with E-state index in [9.17, 15) is 9.59 Å². The van der Waals surface area contributed by atoms with Gasteiger partial charge in [0.2, 0.25) is 5.91 Å². The third-order valence-electron chi connectivity index (χ3n) is 3.26. The van der Waals surface area contributed by atoms with Crippen molar-refractivity contribution in [3.05, 3.63) is 11.8 Å². The van der Waals surface area contributed by atoms with Crippen molar-refractivity contribution in [1.82, 2.24) is 4.90 Å². The topological polar surface area (TPSA) is 46.6 Å². The highest BCUT2D eigenvalue weighted by Gasteiger charge is 2.38. The van der Waals surface area contributed by atoms with Gasteiger partial charge in [0.1, 0.15) is 6.04 Å². The third kappa shape index (κ3) is 1.96. The van der Waals surface area contributed by atoms with Crippen LogP contribution in [0.2, 0.25) is 0 Å². The fraction of sp³-hybridized carbons (Fsp3) is 0.667. The maximum Gasteiger partial charge on any atom is 0.328 e. The van der Waals surface area contributed by atoms with Crippen LogP contribution in [0.3, 0.4) is 0 Å². The maximum absolute atomic E-state index is 11.8. The van der Waals surface area contributed by atoms with Gasteiger partial charge in [0, 0.05) is 12.1 Å². The highest BCUT2D eigenvalue weighted by molar-refractivity contribution is 5.89. The second kappa shape index (κ2) is 4.68. The van der Waals surface area contributed by atoms with E-state index in [4.69, 9.17) is 4.74 Å². The number of ether oxygens (including phenoxy) is 1. The van der Waals surface area contributed by atoms with Crippen molar-refractivity contribution in [2.75, 3.05) is 7.11 Å². The molecule has 0 spiro atoms. The summed E-state index contributed by atoms with van der Waals surface area (Å²) in [5.74, 6) is -0.235. The van der Waals surface area contributed by atoms with Crippen molar-refractivity contribution >= 4 is 11.9 Å². The average Bonchev–Trinajstić information content (AvgIpc) is 2.71. The second-order valence-corrected chi connectivity index (χ2v) is 4.28. The predicted molar refractivity (Wildman–Crippen MR) is 58.4 cm³/mol. The van der Waals surface area contributed by atoms with Crippen LogP contribution in [-0.2, 0) is 14.3 Å². The van der Waals surface area contributed by atoms with Crippen LogP contribution in [0.25, 0.3) is 0 Å². The van der Waals surface area contributed by atoms with E-state index in [0.29, 0.717) is 12.8 Å². The molecular weight excluding hydrogens is 206 g/mol. The number of methoxy groups -OCH3 is 1. The molecule has 1 fully saturated rings. The number of esters is 1. The summed E-state index contributed by atoms with van der Waals surface area (Å²) in [4.78, 5) is 25.0. The lowest BCUT2D eigenvalue weighted by Crippen LogP contribution is -2.39. The van der Waals surface area contributed by atoms with Gasteiger partial charge in [-0.25, -0.2) is 4.79 Å². The Hall–Kier alpha value is -1.32. The monoisotopic (exact) mass is 223 g/mol. The number of hydrogen-bond acceptors (Lipinski definition) is 3. The molecule has 0 radical (unpaired) electrons. The molecule has 2 aliphatic rings. The van der Waals surface area contributed by atoms with E-state index in [2.05, 4.69) is 6.08 Å². The molecule has 0 aromatic rings. The molecule has 1 amide bonds. The Kier molecular flexibility index (Phi) is 3.27. The summed E-state index contributed by atoms with van der Waals surface area (Å²) in [6.45, 7) is 0. The first-order chi connectivity index (χ1) is 7.74. The molecule has 1 unspecified atom stereocenters. The zero-order valence-corrected chi connectivity index (χ0v) is 9.57. The SMILES string of the molecule is COC(=O)C1CCC(=O)N1C1=CCCCC1. The summed E-state index contributed by atoms with van der Waals surface area (Å²) in [5, 5.41) is 0. The molecule has 0 aromatic heterocycles. The minimum absolute atomic E-state index is 0.0588. The molecule has 1 heterocycles. The number of carbonyl (C=O) groups excluding carboxylic acids is 2. The Morgan fingerprint density at radius 2 is 2.25 bits per heavy atom. The van der Waals surface area contributed by atoms with Crippen LogP contribution in [0.15, 0.2) is 11.8 Å². The third-order valence-corrected chi connectivity index (χ3v) is 3.26. The van der Waals surface area contributed by atoms with Gasteiger partial charge in [-0.3, -0.25) is 4.79 Å². The quantitative estimate of drug-likeness (QED) is 0.668. The minimum Gasteiger partial charge on any atom is -0.467 e. The Labute approximate surface area is 95.2 Å². The average molecular weight is 223 g/mol. The molecular formula is C12H17NO3. The molecule has 1 aliphatic carbocycles. The number of likely N-dealkylation sites (tertiary alicyclic amines) is 1. The fourth-order valence-electron chi connectivity index (χ4n) is 2.44. The summed E-state index contributed by atoms with van der Waals surface area (Å²) in [5.41, 5.74) is 1.02. The van der Waals surface area contributed by atoms with Gasteiger partial charge in [-0.1, -0.05) is 6.08 Å². The van der Waals surface area contributed by atoms with Crippen molar-refractivity contribution in [1.29, 1.82) is 0 Å². The van der Waals surface area contributed by atoms with E-state index in [0.717, 1.165) is 25.0 Å². The van der Waals surface area contributed by atoms with Crippen molar-refractivity contribution in [2.24, 2.45) is 0 Å². The Morgan fingerprint density at radius 1 is 1.44 bits per heavy atom. The zero-order chi connectivity index (χ0) is 11.5. The lowest BCUT2D eigenvalue weighted by Gasteiger charge is -2.27. The fourth-order valence-corrected chi connectivity index (χ4v) is 2.44. The van der Waals surface area contributed by atoms with Crippen LogP contribution in [0, 0.1) is 0 Å². The number of allylic oxidation sites excluding steroid dienone is 2. The van der Waals surface area contributed by atoms with Gasteiger partial charge in [-0.2, -0.15) is 0 Å². The van der Waals surface area contributed by atoms with Crippen LogP contribution < -0.4 is 0 Å². The second-order valence-electron chi connectivity index (χ2n) is 4.28. The van der Waals surface area contributed by atoms with E-state index >= 15 is 0 Å². The summed E-state index contributed by atoms with van der Waals surface area (Å²) in [6, 6.07) is -0.387. The maximum atomic E-state index is 11.8. The normalized spacial score (nSPS) is 25.6. The molecule has 2 rings (SSSR count). The van der Waals surface area contributed by atoms with Gasteiger partial charge in [0.05, 0.1) is 7.11 Å². The van der Waals surface area contributed by atoms with E-state index < -0.39 is 0 Å². The van der Waals surface area contributed by atoms with Crippen molar-refractivity contribution in [3.8, 4) is 0 Å². The molecule has 4 heteroatoms. The number of carbonyl (C=O) groups is 2. The van der Waals surface area contributed by atoms with Gasteiger partial charge in [-0.05, 0) is 32.1 Å². The summed E-state index contributed by atoms with van der Waals surface area (Å²) < 4.78 is 4.74. The van der Waals surface area contributed by atoms with Gasteiger partial charge < -0.3 is 9.64 Å². The van der Waals surface area contributed by atoms with Gasteiger partial charge in [0.25, 0.3) is 0 Å². The largest absolute Gasteiger partial charge is 0.467 e. The van der Waals surface area contributed by atoms with E-state index in [1.807, 2.05) is 0 Å². The number of amides is 1. The first kappa shape index (κ1) is 11.2. The highest BCUT2D eigenvalue weighted by Crippen LogP contribution is 2.29. The Morgan fingerprint density at radius 3 is 2.88 bits per heavy atom. The standard InChI is InChI=1S/C12H17NO3/c1-16-12(15)10-7-8-11(14)13(10)9-5-3-2-4-6-9/h5,10H,2-4,6-8H2,1H3. The summed E-state index contributed by atoms with van der Waals surface area (Å²) in [7, 11) is 1.37. The molecule has 1 saturated heterocycles. The number of nitrogens with zero attached hydrogens (tertiary/aromatic N) is 1. The van der Waals surface area contributed by atoms with Crippen LogP contribution in [0.5, 0.6) is 0 Å². The molecule has 0 bridgehead atoms. The van der Waals surface area contributed by atoms with Crippen molar-refractivity contribution in [2.45, 2.75) is 44.6 Å². The minimum atomic E-state index is -0.387. The van der Waals surface area contributed by atoms with Crippen LogP contribution >= 0.6 is 0 Å². The van der Waals surface area contributed by atoms with Crippen LogP contribution in [0.1, 0.15) is 38.5 Å². The van der Waals surface area contributed by atoms with Crippen LogP contribution in [0.4, 0.5) is 0 Å². The summed E-state index contributed by atoms with van der Waals surface area (Å²) >= 11 is 0. The molecule has 1 aliphatic heterocycles. The predicted octanol–water partition coefficient (Wildman–Crippen LogP) is 1.61. The molecule has 1 atom stereocenters. The van der Waals surface area contributed by atoms with E-state index in [-0.39, 0.29) is 17.9 Å². The molecule has 16 heavy (non-hydrogen) atoms. The first-order valence-corrected chi connectivity index (χ1v) is 5.83. The van der Waals surface area contributed by atoms with E-state index in [1.165, 1.54) is 13.5 Å². The molecule has 88 valence electrons. The van der Waals surface area contributed by atoms with Gasteiger partial charge in [0.15, 0.2) is 0 Å². The van der Waals surface area contributed by atoms with Gasteiger partial charge in [-0.15, -0.1) is 0 Å². The summed E-state index contributed by atoms with van der Waals surface area (Å²) in [6.07, 6.45) is 7.31. The number of hydrogen-bond donors (Lipinski definition) is 0. The van der Waals surface area contributed by atoms with Crippen molar-refractivity contribution < 1.29 is 14.3 Å². The molecule has 0 N–H and O–H groups in total. The highest BCUT2D eigenvalue weighted by atomic mass is 16.5. The Bertz CT molecular complexity index is 335. The molecule has 4 nitrogen and oxygen atoms in total. The van der Waals surface area contributed by atoms with Crippen LogP contribution in [-0.4, -0.2) is 29.9 Å². The smallest absolute Gasteiger partial charge is 0.328 e. The van der Waals surface area contributed by atoms with Gasteiger partial charge >= 0.3 is 5.97 Å².